The minimum Gasteiger partial charge on any atom is -0.335 e. The van der Waals surface area contributed by atoms with Gasteiger partial charge in [-0.1, -0.05) is 12.1 Å². The predicted molar refractivity (Wildman–Crippen MR) is 108 cm³/mol. The van der Waals surface area contributed by atoms with E-state index in [0.717, 1.165) is 35.7 Å². The van der Waals surface area contributed by atoms with E-state index in [0.29, 0.717) is 23.4 Å². The molecule has 5 rings (SSSR count). The van der Waals surface area contributed by atoms with Crippen LogP contribution < -0.4 is 0 Å². The van der Waals surface area contributed by atoms with Crippen LogP contribution >= 0.6 is 11.3 Å². The van der Waals surface area contributed by atoms with Crippen LogP contribution in [0.2, 0.25) is 0 Å². The third kappa shape index (κ3) is 3.16. The Bertz CT molecular complexity index is 1130. The van der Waals surface area contributed by atoms with Crippen LogP contribution in [0.4, 0.5) is 4.39 Å². The summed E-state index contributed by atoms with van der Waals surface area (Å²) in [6.07, 6.45) is 4.05. The largest absolute Gasteiger partial charge is 0.335 e. The van der Waals surface area contributed by atoms with Gasteiger partial charge in [0, 0.05) is 55.2 Å². The zero-order chi connectivity index (χ0) is 19.1. The minimum absolute atomic E-state index is 0.00650. The summed E-state index contributed by atoms with van der Waals surface area (Å²) in [5.74, 6) is -0.280. The molecule has 0 unspecified atom stereocenters. The first-order valence-electron chi connectivity index (χ1n) is 9.30. The summed E-state index contributed by atoms with van der Waals surface area (Å²) in [6, 6.07) is 12.6. The second-order valence-corrected chi connectivity index (χ2v) is 8.11. The zero-order valence-electron chi connectivity index (χ0n) is 15.2. The lowest BCUT2D eigenvalue weighted by Gasteiger charge is -2.34. The molecule has 0 spiro atoms. The second-order valence-electron chi connectivity index (χ2n) is 7.03. The van der Waals surface area contributed by atoms with E-state index >= 15 is 0 Å². The van der Waals surface area contributed by atoms with Gasteiger partial charge < -0.3 is 9.30 Å². The highest BCUT2D eigenvalue weighted by Crippen LogP contribution is 2.28. The lowest BCUT2D eigenvalue weighted by atomic mass is 10.2. The number of fused-ring (bicyclic) bond motifs is 2. The van der Waals surface area contributed by atoms with Crippen LogP contribution in [-0.4, -0.2) is 51.3 Å². The average molecular weight is 394 g/mol. The Labute approximate surface area is 165 Å². The standard InChI is InChI=1S/C21H19FN4OS/c22-17-4-3-5-18-16(17)12-19(28-18)21(27)25-10-8-24(9-11-25)13-15-14-26-7-2-1-6-20(26)23-15/h1-7,12,14H,8-11,13H2. The number of imidazole rings is 1. The summed E-state index contributed by atoms with van der Waals surface area (Å²) < 4.78 is 16.7. The molecule has 5 nitrogen and oxygen atoms in total. The van der Waals surface area contributed by atoms with Crippen molar-refractivity contribution in [1.82, 2.24) is 19.2 Å². The maximum Gasteiger partial charge on any atom is 0.264 e. The molecule has 4 heterocycles. The number of nitrogens with zero attached hydrogens (tertiary/aromatic N) is 4. The number of benzene rings is 1. The van der Waals surface area contributed by atoms with Crippen molar-refractivity contribution in [2.75, 3.05) is 26.2 Å². The summed E-state index contributed by atoms with van der Waals surface area (Å²) >= 11 is 1.36. The molecule has 4 aromatic rings. The van der Waals surface area contributed by atoms with Gasteiger partial charge in [-0.2, -0.15) is 0 Å². The van der Waals surface area contributed by atoms with Crippen molar-refractivity contribution < 1.29 is 9.18 Å². The predicted octanol–water partition coefficient (Wildman–Crippen LogP) is 3.65. The molecule has 0 radical (unpaired) electrons. The molecule has 0 N–H and O–H groups in total. The number of halogens is 1. The first kappa shape index (κ1) is 17.3. The van der Waals surface area contributed by atoms with Crippen LogP contribution in [0, 0.1) is 5.82 Å². The normalized spacial score (nSPS) is 15.5. The van der Waals surface area contributed by atoms with E-state index in [9.17, 15) is 9.18 Å². The zero-order valence-corrected chi connectivity index (χ0v) is 16.0. The quantitative estimate of drug-likeness (QED) is 0.533. The van der Waals surface area contributed by atoms with E-state index in [1.165, 1.54) is 17.4 Å². The Balaban J connectivity index is 1.24. The number of rotatable bonds is 3. The first-order chi connectivity index (χ1) is 13.7. The van der Waals surface area contributed by atoms with Crippen molar-refractivity contribution in [2.24, 2.45) is 0 Å². The number of amides is 1. The first-order valence-corrected chi connectivity index (χ1v) is 10.1. The van der Waals surface area contributed by atoms with Crippen LogP contribution in [0.15, 0.2) is 54.9 Å². The monoisotopic (exact) mass is 394 g/mol. The van der Waals surface area contributed by atoms with Gasteiger partial charge in [0.05, 0.1) is 10.6 Å². The van der Waals surface area contributed by atoms with E-state index in [1.807, 2.05) is 39.8 Å². The molecule has 3 aromatic heterocycles. The smallest absolute Gasteiger partial charge is 0.264 e. The van der Waals surface area contributed by atoms with Gasteiger partial charge in [0.2, 0.25) is 0 Å². The highest BCUT2D eigenvalue weighted by molar-refractivity contribution is 7.20. The number of hydrogen-bond acceptors (Lipinski definition) is 4. The fourth-order valence-electron chi connectivity index (χ4n) is 3.69. The van der Waals surface area contributed by atoms with E-state index < -0.39 is 0 Å². The van der Waals surface area contributed by atoms with Crippen molar-refractivity contribution in [3.63, 3.8) is 0 Å². The molecule has 0 bridgehead atoms. The molecule has 1 fully saturated rings. The molecule has 142 valence electrons. The number of pyridine rings is 1. The Morgan fingerprint density at radius 2 is 1.96 bits per heavy atom. The molecule has 1 aliphatic rings. The molecule has 1 aromatic carbocycles. The maximum absolute atomic E-state index is 13.9. The highest BCUT2D eigenvalue weighted by atomic mass is 32.1. The van der Waals surface area contributed by atoms with Crippen molar-refractivity contribution in [2.45, 2.75) is 6.54 Å². The molecule has 0 aliphatic carbocycles. The van der Waals surface area contributed by atoms with Gasteiger partial charge in [-0.3, -0.25) is 9.69 Å². The van der Waals surface area contributed by atoms with Crippen LogP contribution in [0.5, 0.6) is 0 Å². The summed E-state index contributed by atoms with van der Waals surface area (Å²) in [5, 5.41) is 0.529. The van der Waals surface area contributed by atoms with E-state index in [2.05, 4.69) is 16.1 Å². The number of aromatic nitrogens is 2. The van der Waals surface area contributed by atoms with Gasteiger partial charge in [0.25, 0.3) is 5.91 Å². The van der Waals surface area contributed by atoms with Crippen molar-refractivity contribution in [3.8, 4) is 0 Å². The van der Waals surface area contributed by atoms with Gasteiger partial charge in [0.1, 0.15) is 11.5 Å². The van der Waals surface area contributed by atoms with Crippen molar-refractivity contribution >= 4 is 33.0 Å². The fourth-order valence-corrected chi connectivity index (χ4v) is 4.73. The van der Waals surface area contributed by atoms with E-state index in [4.69, 9.17) is 0 Å². The molecule has 1 saturated heterocycles. The number of hydrogen-bond donors (Lipinski definition) is 0. The summed E-state index contributed by atoms with van der Waals surface area (Å²) in [4.78, 5) is 22.3. The van der Waals surface area contributed by atoms with Gasteiger partial charge >= 0.3 is 0 Å². The van der Waals surface area contributed by atoms with Crippen LogP contribution in [-0.2, 0) is 6.54 Å². The SMILES string of the molecule is O=C(c1cc2c(F)cccc2s1)N1CCN(Cc2cn3ccccc3n2)CC1. The Morgan fingerprint density at radius 1 is 1.11 bits per heavy atom. The van der Waals surface area contributed by atoms with Gasteiger partial charge in [-0.05, 0) is 30.3 Å². The lowest BCUT2D eigenvalue weighted by molar-refractivity contribution is 0.0632. The summed E-state index contributed by atoms with van der Waals surface area (Å²) in [6.45, 7) is 3.72. The molecule has 7 heteroatoms. The minimum atomic E-state index is -0.273. The highest BCUT2D eigenvalue weighted by Gasteiger charge is 2.24. The Morgan fingerprint density at radius 3 is 2.75 bits per heavy atom. The molecular weight excluding hydrogens is 375 g/mol. The van der Waals surface area contributed by atoms with Crippen molar-refractivity contribution in [1.29, 1.82) is 0 Å². The number of carbonyl (C=O) groups excluding carboxylic acids is 1. The van der Waals surface area contributed by atoms with Gasteiger partial charge in [-0.15, -0.1) is 11.3 Å². The van der Waals surface area contributed by atoms with E-state index in [-0.39, 0.29) is 11.7 Å². The van der Waals surface area contributed by atoms with E-state index in [1.54, 1.807) is 12.1 Å². The molecule has 28 heavy (non-hydrogen) atoms. The number of thiophene rings is 1. The van der Waals surface area contributed by atoms with Crippen LogP contribution in [0.1, 0.15) is 15.4 Å². The third-order valence-electron chi connectivity index (χ3n) is 5.18. The summed E-state index contributed by atoms with van der Waals surface area (Å²) in [5.41, 5.74) is 1.98. The van der Waals surface area contributed by atoms with Crippen LogP contribution in [0.25, 0.3) is 15.7 Å². The Hall–Kier alpha value is -2.77. The lowest BCUT2D eigenvalue weighted by Crippen LogP contribution is -2.48. The third-order valence-corrected chi connectivity index (χ3v) is 6.27. The molecule has 1 aliphatic heterocycles. The van der Waals surface area contributed by atoms with Gasteiger partial charge in [-0.25, -0.2) is 9.37 Å². The van der Waals surface area contributed by atoms with Crippen molar-refractivity contribution in [3.05, 3.63) is 71.2 Å². The topological polar surface area (TPSA) is 40.9 Å². The molecular formula is C21H19FN4OS. The molecule has 1 amide bonds. The van der Waals surface area contributed by atoms with Gasteiger partial charge in [0.15, 0.2) is 0 Å². The second kappa shape index (κ2) is 7.00. The average Bonchev–Trinajstić information content (AvgIpc) is 3.32. The number of piperazine rings is 1. The fraction of sp³-hybridized carbons (Fsp3) is 0.238. The Kier molecular flexibility index (Phi) is 4.33. The summed E-state index contributed by atoms with van der Waals surface area (Å²) in [7, 11) is 0. The molecule has 0 atom stereocenters. The van der Waals surface area contributed by atoms with Crippen LogP contribution in [0.3, 0.4) is 0 Å². The number of carbonyl (C=O) groups is 1. The maximum atomic E-state index is 13.9. The molecule has 0 saturated carbocycles.